The zero-order chi connectivity index (χ0) is 18.7. The Morgan fingerprint density at radius 3 is 2.65 bits per heavy atom. The lowest BCUT2D eigenvalue weighted by Gasteiger charge is -2.58. The summed E-state index contributed by atoms with van der Waals surface area (Å²) < 4.78 is 5.55. The van der Waals surface area contributed by atoms with Gasteiger partial charge in [-0.25, -0.2) is 0 Å². The zero-order valence-electron chi connectivity index (χ0n) is 16.8. The number of aliphatic hydroxyl groups excluding tert-OH is 1. The van der Waals surface area contributed by atoms with Crippen molar-refractivity contribution in [3.63, 3.8) is 0 Å². The molecule has 0 aromatic heterocycles. The summed E-state index contributed by atoms with van der Waals surface area (Å²) in [4.78, 5) is 12.3. The molecule has 0 heterocycles. The second-order valence-corrected chi connectivity index (χ2v) is 9.77. The van der Waals surface area contributed by atoms with Gasteiger partial charge in [0.05, 0.1) is 19.5 Å². The average molecular weight is 359 g/mol. The number of methoxy groups -OCH3 is 1. The summed E-state index contributed by atoms with van der Waals surface area (Å²) in [6.45, 7) is 6.76. The molecule has 4 aliphatic rings. The standard InChI is InChI=1S/C23H34O3/c1-14(25)18-5-6-19-17-11-15(13-24)21-12-16(26-4)7-9-23(21,3)20(17)8-10-22(18,19)2/h12,17-20,24H,5-11,13H2,1-4H3/t17-,18+,19-,20-,22+,23+/m0/s1. The molecule has 0 unspecified atom stereocenters. The predicted octanol–water partition coefficient (Wildman–Crippen LogP) is 4.66. The molecule has 2 fully saturated rings. The Morgan fingerprint density at radius 1 is 1.23 bits per heavy atom. The number of allylic oxidation sites excluding steroid dienone is 3. The molecule has 144 valence electrons. The van der Waals surface area contributed by atoms with Gasteiger partial charge in [-0.3, -0.25) is 4.79 Å². The van der Waals surface area contributed by atoms with Crippen LogP contribution in [-0.4, -0.2) is 24.6 Å². The van der Waals surface area contributed by atoms with Gasteiger partial charge in [0.25, 0.3) is 0 Å². The highest BCUT2D eigenvalue weighted by Gasteiger charge is 2.59. The molecule has 6 atom stereocenters. The van der Waals surface area contributed by atoms with Gasteiger partial charge in [-0.05, 0) is 91.3 Å². The number of hydrogen-bond donors (Lipinski definition) is 1. The summed E-state index contributed by atoms with van der Waals surface area (Å²) in [5.41, 5.74) is 2.90. The first-order valence-electron chi connectivity index (χ1n) is 10.4. The minimum Gasteiger partial charge on any atom is -0.501 e. The molecule has 3 nitrogen and oxygen atoms in total. The Bertz CT molecular complexity index is 675. The van der Waals surface area contributed by atoms with Gasteiger partial charge in [0.1, 0.15) is 5.78 Å². The average Bonchev–Trinajstić information content (AvgIpc) is 2.98. The van der Waals surface area contributed by atoms with E-state index in [9.17, 15) is 9.90 Å². The highest BCUT2D eigenvalue weighted by Crippen LogP contribution is 2.66. The number of Topliss-reactive ketones (excluding diaryl/α,β-unsaturated/α-hetero) is 1. The minimum atomic E-state index is 0.151. The van der Waals surface area contributed by atoms with Crippen LogP contribution in [0.4, 0.5) is 0 Å². The highest BCUT2D eigenvalue weighted by atomic mass is 16.5. The van der Waals surface area contributed by atoms with Crippen LogP contribution >= 0.6 is 0 Å². The van der Waals surface area contributed by atoms with Crippen LogP contribution in [0.1, 0.15) is 65.7 Å². The van der Waals surface area contributed by atoms with Crippen molar-refractivity contribution in [3.05, 3.63) is 23.0 Å². The summed E-state index contributed by atoms with van der Waals surface area (Å²) in [5, 5.41) is 10.2. The van der Waals surface area contributed by atoms with Crippen LogP contribution in [0.15, 0.2) is 23.0 Å². The number of ketones is 1. The van der Waals surface area contributed by atoms with E-state index in [1.807, 2.05) is 0 Å². The van der Waals surface area contributed by atoms with Crippen molar-refractivity contribution in [3.8, 4) is 0 Å². The number of hydrogen-bond acceptors (Lipinski definition) is 3. The molecular formula is C23H34O3. The fourth-order valence-electron chi connectivity index (χ4n) is 7.54. The van der Waals surface area contributed by atoms with E-state index in [1.165, 1.54) is 30.4 Å². The number of carbonyl (C=O) groups excluding carboxylic acids is 1. The Labute approximate surface area is 157 Å². The smallest absolute Gasteiger partial charge is 0.133 e. The van der Waals surface area contributed by atoms with Gasteiger partial charge in [-0.2, -0.15) is 0 Å². The van der Waals surface area contributed by atoms with E-state index in [2.05, 4.69) is 19.9 Å². The maximum atomic E-state index is 12.3. The van der Waals surface area contributed by atoms with Crippen LogP contribution in [0.25, 0.3) is 0 Å². The fourth-order valence-corrected chi connectivity index (χ4v) is 7.54. The van der Waals surface area contributed by atoms with E-state index in [1.54, 1.807) is 14.0 Å². The number of aliphatic hydroxyl groups is 1. The quantitative estimate of drug-likeness (QED) is 0.798. The molecule has 0 saturated heterocycles. The van der Waals surface area contributed by atoms with Crippen LogP contribution in [0.2, 0.25) is 0 Å². The number of carbonyl (C=O) groups is 1. The maximum absolute atomic E-state index is 12.3. The molecule has 0 radical (unpaired) electrons. The monoisotopic (exact) mass is 358 g/mol. The molecule has 4 aliphatic carbocycles. The number of rotatable bonds is 3. The summed E-state index contributed by atoms with van der Waals surface area (Å²) >= 11 is 0. The Balaban J connectivity index is 1.75. The van der Waals surface area contributed by atoms with E-state index >= 15 is 0 Å². The van der Waals surface area contributed by atoms with Gasteiger partial charge in [0, 0.05) is 12.3 Å². The molecule has 0 aromatic rings. The first-order valence-corrected chi connectivity index (χ1v) is 10.4. The predicted molar refractivity (Wildman–Crippen MR) is 102 cm³/mol. The van der Waals surface area contributed by atoms with Crippen LogP contribution in [0.3, 0.4) is 0 Å². The van der Waals surface area contributed by atoms with Crippen molar-refractivity contribution >= 4 is 5.78 Å². The molecular weight excluding hydrogens is 324 g/mol. The molecule has 0 aliphatic heterocycles. The van der Waals surface area contributed by atoms with Crippen LogP contribution in [-0.2, 0) is 9.53 Å². The van der Waals surface area contributed by atoms with Gasteiger partial charge in [0.2, 0.25) is 0 Å². The van der Waals surface area contributed by atoms with Crippen LogP contribution < -0.4 is 0 Å². The van der Waals surface area contributed by atoms with E-state index in [-0.39, 0.29) is 23.4 Å². The normalized spacial score (nSPS) is 44.7. The third kappa shape index (κ3) is 2.38. The van der Waals surface area contributed by atoms with Crippen molar-refractivity contribution in [1.82, 2.24) is 0 Å². The largest absolute Gasteiger partial charge is 0.501 e. The van der Waals surface area contributed by atoms with Gasteiger partial charge in [-0.15, -0.1) is 0 Å². The van der Waals surface area contributed by atoms with Crippen molar-refractivity contribution in [2.24, 2.45) is 34.5 Å². The lowest BCUT2D eigenvalue weighted by atomic mass is 9.47. The molecule has 3 heteroatoms. The van der Waals surface area contributed by atoms with Gasteiger partial charge in [-0.1, -0.05) is 13.8 Å². The van der Waals surface area contributed by atoms with Crippen LogP contribution in [0.5, 0.6) is 0 Å². The summed E-state index contributed by atoms with van der Waals surface area (Å²) in [7, 11) is 1.76. The second kappa shape index (κ2) is 6.22. The van der Waals surface area contributed by atoms with Crippen molar-refractivity contribution < 1.29 is 14.6 Å². The topological polar surface area (TPSA) is 46.5 Å². The van der Waals surface area contributed by atoms with E-state index < -0.39 is 0 Å². The summed E-state index contributed by atoms with van der Waals surface area (Å²) in [6, 6.07) is 0. The Morgan fingerprint density at radius 2 is 2.00 bits per heavy atom. The third-order valence-corrected chi connectivity index (χ3v) is 8.87. The van der Waals surface area contributed by atoms with Crippen molar-refractivity contribution in [2.75, 3.05) is 13.7 Å². The lowest BCUT2D eigenvalue weighted by molar-refractivity contribution is -0.127. The van der Waals surface area contributed by atoms with Gasteiger partial charge >= 0.3 is 0 Å². The molecule has 0 amide bonds. The molecule has 4 rings (SSSR count). The first-order chi connectivity index (χ1) is 12.3. The zero-order valence-corrected chi connectivity index (χ0v) is 16.8. The Kier molecular flexibility index (Phi) is 4.38. The second-order valence-electron chi connectivity index (χ2n) is 9.77. The number of ether oxygens (including phenoxy) is 1. The molecule has 2 saturated carbocycles. The van der Waals surface area contributed by atoms with Gasteiger partial charge < -0.3 is 9.84 Å². The van der Waals surface area contributed by atoms with Gasteiger partial charge in [0.15, 0.2) is 0 Å². The molecule has 26 heavy (non-hydrogen) atoms. The first kappa shape index (κ1) is 18.3. The maximum Gasteiger partial charge on any atom is 0.133 e. The summed E-state index contributed by atoms with van der Waals surface area (Å²) in [6.07, 6.45) is 10.00. The Hall–Kier alpha value is -1.09. The SMILES string of the molecule is COC1=CC2=C(CO)C[C@H]3[C@@H]4CC[C@H](C(C)=O)[C@@]4(C)CC[C@@H]3[C@@]2(C)CC1. The molecule has 0 bridgehead atoms. The van der Waals surface area contributed by atoms with Crippen molar-refractivity contribution in [1.29, 1.82) is 0 Å². The third-order valence-electron chi connectivity index (χ3n) is 8.87. The summed E-state index contributed by atoms with van der Waals surface area (Å²) in [5.74, 6) is 3.61. The van der Waals surface area contributed by atoms with E-state index in [0.717, 1.165) is 31.4 Å². The van der Waals surface area contributed by atoms with Crippen LogP contribution in [0, 0.1) is 34.5 Å². The fraction of sp³-hybridized carbons (Fsp3) is 0.783. The minimum absolute atomic E-state index is 0.151. The van der Waals surface area contributed by atoms with E-state index in [0.29, 0.717) is 23.5 Å². The van der Waals surface area contributed by atoms with Crippen molar-refractivity contribution in [2.45, 2.75) is 65.7 Å². The number of fused-ring (bicyclic) bond motifs is 5. The van der Waals surface area contributed by atoms with E-state index in [4.69, 9.17) is 4.74 Å². The molecule has 0 aromatic carbocycles. The molecule has 1 N–H and O–H groups in total. The molecule has 0 spiro atoms. The lowest BCUT2D eigenvalue weighted by Crippen LogP contribution is -2.50. The highest BCUT2D eigenvalue weighted by molar-refractivity contribution is 5.79.